The zero-order valence-electron chi connectivity index (χ0n) is 23.2. The molecule has 37 heavy (non-hydrogen) atoms. The molecule has 3 rings (SSSR count). The second kappa shape index (κ2) is 15.3. The fraction of sp³-hybridized carbons (Fsp3) is 0.724. The zero-order chi connectivity index (χ0) is 26.6. The monoisotopic (exact) mass is 518 g/mol. The highest BCUT2D eigenvalue weighted by molar-refractivity contribution is 5.78. The maximum Gasteiger partial charge on any atom is 0.248 e. The van der Waals surface area contributed by atoms with Crippen LogP contribution in [-0.2, 0) is 36.6 Å². The second-order valence-corrected chi connectivity index (χ2v) is 10.0. The van der Waals surface area contributed by atoms with E-state index in [0.717, 1.165) is 75.3 Å². The van der Waals surface area contributed by atoms with Gasteiger partial charge in [-0.3, -0.25) is 9.59 Å². The van der Waals surface area contributed by atoms with Crippen LogP contribution >= 0.6 is 0 Å². The molecule has 1 saturated heterocycles. The number of epoxide rings is 1. The summed E-state index contributed by atoms with van der Waals surface area (Å²) < 4.78 is 23.8. The Labute approximate surface area is 222 Å². The Kier molecular flexibility index (Phi) is 12.2. The number of carbonyl (C=O) groups is 2. The van der Waals surface area contributed by atoms with Crippen LogP contribution in [0, 0.1) is 0 Å². The van der Waals surface area contributed by atoms with Crippen LogP contribution in [0.3, 0.4) is 0 Å². The fourth-order valence-electron chi connectivity index (χ4n) is 4.87. The Hall–Kier alpha value is -2.16. The molecular weight excluding hydrogens is 472 g/mol. The summed E-state index contributed by atoms with van der Waals surface area (Å²) >= 11 is 0. The Morgan fingerprint density at radius 3 is 1.84 bits per heavy atom. The molecule has 1 aliphatic heterocycles. The maximum absolute atomic E-state index is 12.9. The van der Waals surface area contributed by atoms with Crippen molar-refractivity contribution < 1.29 is 28.5 Å². The summed E-state index contributed by atoms with van der Waals surface area (Å²) in [6.07, 6.45) is 4.33. The van der Waals surface area contributed by atoms with E-state index in [9.17, 15) is 9.59 Å². The van der Waals surface area contributed by atoms with E-state index in [2.05, 4.69) is 33.8 Å². The van der Waals surface area contributed by atoms with Gasteiger partial charge in [-0.25, -0.2) is 0 Å². The van der Waals surface area contributed by atoms with E-state index in [1.54, 1.807) is 0 Å². The minimum atomic E-state index is -0.345. The van der Waals surface area contributed by atoms with Crippen molar-refractivity contribution in [3.8, 4) is 5.75 Å². The van der Waals surface area contributed by atoms with Crippen LogP contribution in [0.4, 0.5) is 0 Å². The fourth-order valence-corrected chi connectivity index (χ4v) is 4.87. The van der Waals surface area contributed by atoms with Crippen molar-refractivity contribution in [2.24, 2.45) is 0 Å². The molecule has 0 radical (unpaired) electrons. The lowest BCUT2D eigenvalue weighted by Crippen LogP contribution is -2.44. The van der Waals surface area contributed by atoms with E-state index >= 15 is 0 Å². The van der Waals surface area contributed by atoms with Gasteiger partial charge in [0.15, 0.2) is 0 Å². The highest BCUT2D eigenvalue weighted by Gasteiger charge is 2.34. The van der Waals surface area contributed by atoms with Crippen molar-refractivity contribution in [2.75, 3.05) is 52.6 Å². The van der Waals surface area contributed by atoms with Gasteiger partial charge in [-0.05, 0) is 37.3 Å². The minimum absolute atomic E-state index is 0.00269. The predicted octanol–water partition coefficient (Wildman–Crippen LogP) is 3.63. The molecule has 208 valence electrons. The smallest absolute Gasteiger partial charge is 0.248 e. The van der Waals surface area contributed by atoms with E-state index < -0.39 is 0 Å². The molecule has 0 saturated carbocycles. The molecule has 1 aromatic carbocycles. The van der Waals surface area contributed by atoms with E-state index in [1.807, 2.05) is 21.9 Å². The second-order valence-electron chi connectivity index (χ2n) is 10.0. The van der Waals surface area contributed by atoms with E-state index in [-0.39, 0.29) is 43.3 Å². The van der Waals surface area contributed by atoms with Crippen molar-refractivity contribution in [3.05, 3.63) is 29.3 Å². The molecule has 0 aromatic heterocycles. The standard InChI is InChI=1S/C29H46N2O6/c1-5-12-30(13-6-2)28(32)20-36-26-16-22-10-9-11-25(35-19-23-18-34-23)24(22)17-27(26)37-21-29(33)31(14-7-3)15-8-4/h9-11,23,26-27H,5-8,12-21H2,1-4H3/t23?,26-,27+/m1/s1. The first-order chi connectivity index (χ1) is 18.0. The number of rotatable bonds is 17. The number of fused-ring (bicyclic) bond motifs is 1. The topological polar surface area (TPSA) is 80.8 Å². The molecule has 0 N–H and O–H groups in total. The first-order valence-electron chi connectivity index (χ1n) is 14.1. The largest absolute Gasteiger partial charge is 0.490 e. The summed E-state index contributed by atoms with van der Waals surface area (Å²) in [5, 5.41) is 0. The molecule has 1 unspecified atom stereocenters. The highest BCUT2D eigenvalue weighted by atomic mass is 16.6. The summed E-state index contributed by atoms with van der Waals surface area (Å²) in [6.45, 7) is 12.5. The molecule has 1 fully saturated rings. The van der Waals surface area contributed by atoms with Crippen LogP contribution in [0.2, 0.25) is 0 Å². The van der Waals surface area contributed by atoms with Gasteiger partial charge in [0.2, 0.25) is 11.8 Å². The quantitative estimate of drug-likeness (QED) is 0.293. The van der Waals surface area contributed by atoms with Crippen LogP contribution in [0.25, 0.3) is 0 Å². The number of nitrogens with zero attached hydrogens (tertiary/aromatic N) is 2. The molecule has 1 aliphatic carbocycles. The summed E-state index contributed by atoms with van der Waals surface area (Å²) in [7, 11) is 0. The lowest BCUT2D eigenvalue weighted by atomic mass is 9.87. The molecule has 0 spiro atoms. The lowest BCUT2D eigenvalue weighted by molar-refractivity contribution is -0.149. The predicted molar refractivity (Wildman–Crippen MR) is 143 cm³/mol. The van der Waals surface area contributed by atoms with Crippen molar-refractivity contribution in [1.29, 1.82) is 0 Å². The Morgan fingerprint density at radius 1 is 0.838 bits per heavy atom. The van der Waals surface area contributed by atoms with Gasteiger partial charge in [0, 0.05) is 44.6 Å². The highest BCUT2D eigenvalue weighted by Crippen LogP contribution is 2.33. The lowest BCUT2D eigenvalue weighted by Gasteiger charge is -2.34. The summed E-state index contributed by atoms with van der Waals surface area (Å²) in [5.41, 5.74) is 2.22. The maximum atomic E-state index is 12.9. The Morgan fingerprint density at radius 2 is 1.35 bits per heavy atom. The SMILES string of the molecule is CCCN(CCC)C(=O)CO[C@H]1Cc2c(cccc2OCC2CO2)C[C@H]1OCC(=O)N(CCC)CCC. The third-order valence-corrected chi connectivity index (χ3v) is 6.82. The van der Waals surface area contributed by atoms with E-state index in [0.29, 0.717) is 19.4 Å². The molecule has 1 aromatic rings. The van der Waals surface area contributed by atoms with Crippen molar-refractivity contribution in [2.45, 2.75) is 84.5 Å². The normalized spacial score (nSPS) is 20.3. The average molecular weight is 519 g/mol. The van der Waals surface area contributed by atoms with Gasteiger partial charge in [-0.15, -0.1) is 0 Å². The van der Waals surface area contributed by atoms with E-state index in [1.165, 1.54) is 0 Å². The van der Waals surface area contributed by atoms with Crippen LogP contribution in [0.15, 0.2) is 18.2 Å². The average Bonchev–Trinajstić information content (AvgIpc) is 3.73. The molecular formula is C29H46N2O6. The molecule has 8 nitrogen and oxygen atoms in total. The molecule has 2 aliphatic rings. The van der Waals surface area contributed by atoms with Crippen molar-refractivity contribution >= 4 is 11.8 Å². The molecule has 0 bridgehead atoms. The summed E-state index contributed by atoms with van der Waals surface area (Å²) in [4.78, 5) is 29.6. The molecule has 8 heteroatoms. The zero-order valence-corrected chi connectivity index (χ0v) is 23.2. The molecule has 2 amide bonds. The first kappa shape index (κ1) is 29.4. The van der Waals surface area contributed by atoms with Crippen molar-refractivity contribution in [3.63, 3.8) is 0 Å². The molecule has 3 atom stereocenters. The van der Waals surface area contributed by atoms with E-state index in [4.69, 9.17) is 18.9 Å². The minimum Gasteiger partial charge on any atom is -0.490 e. The van der Waals surface area contributed by atoms with Crippen LogP contribution in [0.1, 0.15) is 64.5 Å². The van der Waals surface area contributed by atoms with Gasteiger partial charge in [0.25, 0.3) is 0 Å². The Bertz CT molecular complexity index is 847. The van der Waals surface area contributed by atoms with Gasteiger partial charge < -0.3 is 28.7 Å². The first-order valence-corrected chi connectivity index (χ1v) is 14.1. The van der Waals surface area contributed by atoms with Gasteiger partial charge in [-0.2, -0.15) is 0 Å². The van der Waals surface area contributed by atoms with Crippen molar-refractivity contribution in [1.82, 2.24) is 9.80 Å². The third-order valence-electron chi connectivity index (χ3n) is 6.82. The third kappa shape index (κ3) is 8.97. The van der Waals surface area contributed by atoms with Gasteiger partial charge in [-0.1, -0.05) is 39.8 Å². The number of benzene rings is 1. The van der Waals surface area contributed by atoms with Gasteiger partial charge in [0.1, 0.15) is 31.7 Å². The van der Waals surface area contributed by atoms with Crippen LogP contribution < -0.4 is 4.74 Å². The van der Waals surface area contributed by atoms with Gasteiger partial charge in [0.05, 0.1) is 18.8 Å². The van der Waals surface area contributed by atoms with Crippen LogP contribution in [0.5, 0.6) is 5.75 Å². The molecule has 1 heterocycles. The number of amides is 2. The number of ether oxygens (including phenoxy) is 4. The number of hydrogen-bond acceptors (Lipinski definition) is 6. The summed E-state index contributed by atoms with van der Waals surface area (Å²) in [6, 6.07) is 6.05. The van der Waals surface area contributed by atoms with Gasteiger partial charge >= 0.3 is 0 Å². The summed E-state index contributed by atoms with van der Waals surface area (Å²) in [5.74, 6) is 0.831. The van der Waals surface area contributed by atoms with Crippen LogP contribution in [-0.4, -0.2) is 92.5 Å². The number of carbonyl (C=O) groups excluding carboxylic acids is 2. The number of hydrogen-bond donors (Lipinski definition) is 0. The Balaban J connectivity index is 1.71.